The van der Waals surface area contributed by atoms with Gasteiger partial charge in [0, 0.05) is 24.9 Å². The van der Waals surface area contributed by atoms with Crippen LogP contribution in [0.1, 0.15) is 52.1 Å². The Kier molecular flexibility index (Phi) is 5.80. The van der Waals surface area contributed by atoms with Gasteiger partial charge in [-0.15, -0.1) is 0 Å². The van der Waals surface area contributed by atoms with E-state index in [2.05, 4.69) is 15.6 Å². The number of rotatable bonds is 5. The first kappa shape index (κ1) is 18.2. The first-order valence-corrected chi connectivity index (χ1v) is 8.50. The number of alkyl carbamates (subject to hydrolysis) is 1. The van der Waals surface area contributed by atoms with Crippen molar-refractivity contribution in [2.75, 3.05) is 6.54 Å². The number of carbonyl (C=O) groups excluding carboxylic acids is 2. The van der Waals surface area contributed by atoms with Crippen LogP contribution in [0.5, 0.6) is 0 Å². The number of amides is 2. The Labute approximate surface area is 143 Å². The summed E-state index contributed by atoms with van der Waals surface area (Å²) in [7, 11) is 0. The molecule has 0 spiro atoms. The predicted octanol–water partition coefficient (Wildman–Crippen LogP) is 2.58. The summed E-state index contributed by atoms with van der Waals surface area (Å²) in [6, 6.07) is 5.71. The molecule has 1 aliphatic rings. The van der Waals surface area contributed by atoms with Crippen molar-refractivity contribution in [1.82, 2.24) is 15.6 Å². The first-order valence-electron chi connectivity index (χ1n) is 8.50. The summed E-state index contributed by atoms with van der Waals surface area (Å²) in [5.41, 5.74) is -0.510. The maximum absolute atomic E-state index is 12.7. The van der Waals surface area contributed by atoms with Crippen molar-refractivity contribution < 1.29 is 14.3 Å². The summed E-state index contributed by atoms with van der Waals surface area (Å²) >= 11 is 0. The second-order valence-electron chi connectivity index (χ2n) is 7.24. The molecule has 6 nitrogen and oxygen atoms in total. The molecule has 24 heavy (non-hydrogen) atoms. The lowest BCUT2D eigenvalue weighted by Gasteiger charge is -2.30. The zero-order valence-corrected chi connectivity index (χ0v) is 14.7. The van der Waals surface area contributed by atoms with Crippen molar-refractivity contribution in [3.8, 4) is 0 Å². The maximum atomic E-state index is 12.7. The standard InChI is InChI=1S/C18H27N3O3/c1-17(2,3)24-16(23)21-18(10-5-6-11-18)15(22)20-13-9-14-8-4-7-12-19-14/h4,7-8,12H,5-6,9-11,13H2,1-3H3,(H,20,22)(H,21,23). The van der Waals surface area contributed by atoms with E-state index in [1.807, 2.05) is 18.2 Å². The molecule has 1 heterocycles. The predicted molar refractivity (Wildman–Crippen MR) is 91.5 cm³/mol. The van der Waals surface area contributed by atoms with Crippen LogP contribution in [0.4, 0.5) is 4.79 Å². The molecule has 1 aromatic heterocycles. The molecule has 2 rings (SSSR count). The minimum absolute atomic E-state index is 0.137. The Balaban J connectivity index is 1.91. The van der Waals surface area contributed by atoms with Crippen molar-refractivity contribution >= 4 is 12.0 Å². The maximum Gasteiger partial charge on any atom is 0.408 e. The fourth-order valence-corrected chi connectivity index (χ4v) is 2.91. The molecule has 0 unspecified atom stereocenters. The van der Waals surface area contributed by atoms with Crippen molar-refractivity contribution in [3.63, 3.8) is 0 Å². The normalized spacial score (nSPS) is 16.5. The lowest BCUT2D eigenvalue weighted by Crippen LogP contribution is -2.58. The number of hydrogen-bond donors (Lipinski definition) is 2. The third kappa shape index (κ3) is 5.22. The Morgan fingerprint density at radius 2 is 1.96 bits per heavy atom. The number of hydrogen-bond acceptors (Lipinski definition) is 4. The molecular formula is C18H27N3O3. The van der Waals surface area contributed by atoms with Gasteiger partial charge in [0.05, 0.1) is 0 Å². The summed E-state index contributed by atoms with van der Waals surface area (Å²) < 4.78 is 5.31. The Morgan fingerprint density at radius 1 is 1.25 bits per heavy atom. The third-order valence-electron chi connectivity index (χ3n) is 4.02. The van der Waals surface area contributed by atoms with Gasteiger partial charge in [0.2, 0.25) is 5.91 Å². The van der Waals surface area contributed by atoms with E-state index in [0.29, 0.717) is 25.8 Å². The van der Waals surface area contributed by atoms with Gasteiger partial charge in [0.25, 0.3) is 0 Å². The van der Waals surface area contributed by atoms with Crippen molar-refractivity contribution in [2.45, 2.75) is 64.0 Å². The number of nitrogens with zero attached hydrogens (tertiary/aromatic N) is 1. The molecule has 0 radical (unpaired) electrons. The zero-order valence-electron chi connectivity index (χ0n) is 14.7. The minimum atomic E-state index is -0.855. The van der Waals surface area contributed by atoms with Gasteiger partial charge >= 0.3 is 6.09 Å². The van der Waals surface area contributed by atoms with E-state index in [1.54, 1.807) is 27.0 Å². The highest BCUT2D eigenvalue weighted by Gasteiger charge is 2.43. The zero-order chi connectivity index (χ0) is 17.6. The van der Waals surface area contributed by atoms with Crippen LogP contribution in [0, 0.1) is 0 Å². The molecule has 1 saturated carbocycles. The average Bonchev–Trinajstić information content (AvgIpc) is 2.96. The van der Waals surface area contributed by atoms with Gasteiger partial charge in [-0.3, -0.25) is 9.78 Å². The summed E-state index contributed by atoms with van der Waals surface area (Å²) in [6.45, 7) is 5.91. The van der Waals surface area contributed by atoms with Crippen molar-refractivity contribution in [2.24, 2.45) is 0 Å². The van der Waals surface area contributed by atoms with E-state index in [9.17, 15) is 9.59 Å². The fraction of sp³-hybridized carbons (Fsp3) is 0.611. The smallest absolute Gasteiger partial charge is 0.408 e. The molecule has 2 N–H and O–H groups in total. The summed E-state index contributed by atoms with van der Waals surface area (Å²) in [5, 5.41) is 5.74. The van der Waals surface area contributed by atoms with Gasteiger partial charge in [0.1, 0.15) is 11.1 Å². The number of nitrogens with one attached hydrogen (secondary N) is 2. The third-order valence-corrected chi connectivity index (χ3v) is 4.02. The van der Waals surface area contributed by atoms with Crippen LogP contribution in [0.15, 0.2) is 24.4 Å². The Bertz CT molecular complexity index is 561. The monoisotopic (exact) mass is 333 g/mol. The first-order chi connectivity index (χ1) is 11.3. The Hall–Kier alpha value is -2.11. The Morgan fingerprint density at radius 3 is 2.54 bits per heavy atom. The van der Waals surface area contributed by atoms with Crippen LogP contribution in [0.25, 0.3) is 0 Å². The van der Waals surface area contributed by atoms with Gasteiger partial charge in [-0.1, -0.05) is 18.9 Å². The lowest BCUT2D eigenvalue weighted by atomic mass is 9.96. The molecule has 1 fully saturated rings. The van der Waals surface area contributed by atoms with Crippen LogP contribution in [-0.2, 0) is 16.0 Å². The summed E-state index contributed by atoms with van der Waals surface area (Å²) in [4.78, 5) is 29.0. The lowest BCUT2D eigenvalue weighted by molar-refractivity contribution is -0.127. The van der Waals surface area contributed by atoms with Gasteiger partial charge in [-0.2, -0.15) is 0 Å². The molecule has 6 heteroatoms. The van der Waals surface area contributed by atoms with E-state index >= 15 is 0 Å². The van der Waals surface area contributed by atoms with Crippen LogP contribution >= 0.6 is 0 Å². The van der Waals surface area contributed by atoms with E-state index in [4.69, 9.17) is 4.74 Å². The quantitative estimate of drug-likeness (QED) is 0.868. The average molecular weight is 333 g/mol. The molecule has 0 saturated heterocycles. The second-order valence-corrected chi connectivity index (χ2v) is 7.24. The SMILES string of the molecule is CC(C)(C)OC(=O)NC1(C(=O)NCCc2ccccn2)CCCC1. The fourth-order valence-electron chi connectivity index (χ4n) is 2.91. The minimum Gasteiger partial charge on any atom is -0.444 e. The highest BCUT2D eigenvalue weighted by atomic mass is 16.6. The van der Waals surface area contributed by atoms with E-state index < -0.39 is 17.2 Å². The number of aromatic nitrogens is 1. The van der Waals surface area contributed by atoms with E-state index in [-0.39, 0.29) is 5.91 Å². The molecular weight excluding hydrogens is 306 g/mol. The molecule has 0 atom stereocenters. The van der Waals surface area contributed by atoms with Gasteiger partial charge in [0.15, 0.2) is 0 Å². The van der Waals surface area contributed by atoms with Crippen LogP contribution in [-0.4, -0.2) is 34.7 Å². The van der Waals surface area contributed by atoms with Crippen molar-refractivity contribution in [1.29, 1.82) is 0 Å². The van der Waals surface area contributed by atoms with Crippen LogP contribution in [0.2, 0.25) is 0 Å². The van der Waals surface area contributed by atoms with Gasteiger partial charge in [-0.25, -0.2) is 4.79 Å². The number of ether oxygens (including phenoxy) is 1. The molecule has 132 valence electrons. The highest BCUT2D eigenvalue weighted by molar-refractivity contribution is 5.90. The molecule has 0 bridgehead atoms. The number of pyridine rings is 1. The van der Waals surface area contributed by atoms with Crippen LogP contribution in [0.3, 0.4) is 0 Å². The summed E-state index contributed by atoms with van der Waals surface area (Å²) in [5.74, 6) is -0.137. The van der Waals surface area contributed by atoms with E-state index in [0.717, 1.165) is 18.5 Å². The molecule has 1 aliphatic carbocycles. The molecule has 2 amide bonds. The van der Waals surface area contributed by atoms with Crippen molar-refractivity contribution in [3.05, 3.63) is 30.1 Å². The van der Waals surface area contributed by atoms with Gasteiger partial charge < -0.3 is 15.4 Å². The summed E-state index contributed by atoms with van der Waals surface area (Å²) in [6.07, 6.45) is 4.98. The highest BCUT2D eigenvalue weighted by Crippen LogP contribution is 2.30. The molecule has 0 aliphatic heterocycles. The largest absolute Gasteiger partial charge is 0.444 e. The molecule has 0 aromatic carbocycles. The topological polar surface area (TPSA) is 80.3 Å². The van der Waals surface area contributed by atoms with Gasteiger partial charge in [-0.05, 0) is 45.7 Å². The van der Waals surface area contributed by atoms with Crippen LogP contribution < -0.4 is 10.6 Å². The molecule has 1 aromatic rings. The van der Waals surface area contributed by atoms with E-state index in [1.165, 1.54) is 0 Å². The second kappa shape index (κ2) is 7.64. The number of carbonyl (C=O) groups is 2.